The second-order valence-electron chi connectivity index (χ2n) is 18.8. The molecule has 14 aromatic rings. The Morgan fingerprint density at radius 1 is 0.309 bits per heavy atom. The summed E-state index contributed by atoms with van der Waals surface area (Å²) in [4.78, 5) is 0. The van der Waals surface area contributed by atoms with Gasteiger partial charge < -0.3 is 18.0 Å². The van der Waals surface area contributed by atoms with Crippen molar-refractivity contribution in [1.82, 2.24) is 9.13 Å². The summed E-state index contributed by atoms with van der Waals surface area (Å²) < 4.78 is 17.7. The quantitative estimate of drug-likeness (QED) is 0.161. The summed E-state index contributed by atoms with van der Waals surface area (Å²) in [6, 6.07) is 79.9. The lowest BCUT2D eigenvalue weighted by Gasteiger charge is -2.16. The normalized spacial score (nSPS) is 12.0. The van der Waals surface area contributed by atoms with Crippen LogP contribution in [0.1, 0.15) is 0 Å². The van der Waals surface area contributed by atoms with E-state index in [2.05, 4.69) is 241 Å². The number of benzene rings is 10. The summed E-state index contributed by atoms with van der Waals surface area (Å²) in [5.41, 5.74) is 15.7. The minimum atomic E-state index is -1.55. The first-order chi connectivity index (χ1) is 33.4. The van der Waals surface area contributed by atoms with Crippen molar-refractivity contribution in [3.05, 3.63) is 224 Å². The molecule has 0 bridgehead atoms. The van der Waals surface area contributed by atoms with Gasteiger partial charge in [0.2, 0.25) is 0 Å². The van der Waals surface area contributed by atoms with E-state index >= 15 is 0 Å². The van der Waals surface area contributed by atoms with E-state index in [1.807, 2.05) is 12.1 Å². The molecule has 10 aromatic carbocycles. The Balaban J connectivity index is 0.000000135. The van der Waals surface area contributed by atoms with Gasteiger partial charge in [-0.05, 0) is 83.0 Å². The topological polar surface area (TPSA) is 36.1 Å². The summed E-state index contributed by atoms with van der Waals surface area (Å²) in [5.74, 6) is 0. The number of nitrogens with zero attached hydrogens (tertiary/aromatic N) is 2. The summed E-state index contributed by atoms with van der Waals surface area (Å²) in [6.07, 6.45) is 0. The van der Waals surface area contributed by atoms with Crippen molar-refractivity contribution in [2.75, 3.05) is 0 Å². The largest absolute Gasteiger partial charge is 0.456 e. The molecule has 4 nitrogen and oxygen atoms in total. The highest BCUT2D eigenvalue weighted by atomic mass is 28.3. The van der Waals surface area contributed by atoms with Gasteiger partial charge in [-0.3, -0.25) is 0 Å². The molecule has 5 heteroatoms. The maximum absolute atomic E-state index is 6.70. The van der Waals surface area contributed by atoms with Gasteiger partial charge in [0.25, 0.3) is 0 Å². The number of fused-ring (bicyclic) bond motifs is 12. The van der Waals surface area contributed by atoms with E-state index in [0.29, 0.717) is 0 Å². The summed E-state index contributed by atoms with van der Waals surface area (Å²) in [5, 5.41) is 11.1. The second kappa shape index (κ2) is 15.6. The van der Waals surface area contributed by atoms with Crippen molar-refractivity contribution in [2.45, 2.75) is 19.6 Å². The first-order valence-corrected chi connectivity index (χ1v) is 26.9. The SMILES string of the molecule is C[Si](C)(C)c1cccc2c1oc1c(-c3ccc4c(c3)c3ccccc3n4-c3ccccc3)cccc12.c1ccc(-n2c3ccccc3c3cc(-c4cccc5c4oc4ccccc45)ccc32)cc1. The third kappa shape index (κ3) is 6.34. The number of aromatic nitrogens is 2. The molecule has 0 saturated heterocycles. The van der Waals surface area contributed by atoms with Gasteiger partial charge in [0.05, 0.1) is 30.1 Å². The van der Waals surface area contributed by atoms with Crippen LogP contribution in [0.2, 0.25) is 19.6 Å². The lowest BCUT2D eigenvalue weighted by molar-refractivity contribution is 0.670. The number of rotatable bonds is 5. The molecule has 0 N–H and O–H groups in total. The van der Waals surface area contributed by atoms with Crippen LogP contribution >= 0.6 is 0 Å². The van der Waals surface area contributed by atoms with E-state index in [1.54, 1.807) is 0 Å². The number of hydrogen-bond donors (Lipinski definition) is 0. The third-order valence-electron chi connectivity index (χ3n) is 13.7. The zero-order valence-electron chi connectivity index (χ0n) is 38.1. The highest BCUT2D eigenvalue weighted by molar-refractivity contribution is 6.90. The standard InChI is InChI=1S/C33H27NOSi.C30H19NO/c1-36(2,3)31-18-10-16-27-26-15-9-14-24(32(26)35-33(27)31)22-19-20-30-28(21-22)25-13-7-8-17-29(25)34(30)23-11-5-4-6-12-23;1-2-9-21(10-3-1)31-27-15-6-4-11-23(27)26-19-20(17-18-28(26)31)22-13-8-14-25-24-12-5-7-16-29(24)32-30(22)25/h4-21H,1-3H3;1-19H. The van der Waals surface area contributed by atoms with Gasteiger partial charge >= 0.3 is 0 Å². The van der Waals surface area contributed by atoms with E-state index in [-0.39, 0.29) is 0 Å². The Morgan fingerprint density at radius 2 is 0.721 bits per heavy atom. The van der Waals surface area contributed by atoms with Gasteiger partial charge in [0, 0.05) is 65.6 Å². The Kier molecular flexibility index (Phi) is 9.17. The van der Waals surface area contributed by atoms with E-state index in [9.17, 15) is 0 Å². The monoisotopic (exact) mass is 890 g/mol. The number of furan rings is 2. The van der Waals surface area contributed by atoms with Crippen molar-refractivity contribution >= 4 is 101 Å². The molecule has 0 aliphatic rings. The molecule has 0 fully saturated rings. The molecular weight excluding hydrogens is 845 g/mol. The first-order valence-electron chi connectivity index (χ1n) is 23.4. The Bertz CT molecular complexity index is 4240. The minimum Gasteiger partial charge on any atom is -0.456 e. The zero-order valence-corrected chi connectivity index (χ0v) is 39.1. The average Bonchev–Trinajstić information content (AvgIpc) is 4.14. The maximum Gasteiger partial charge on any atom is 0.143 e. The average molecular weight is 891 g/mol. The predicted octanol–water partition coefficient (Wildman–Crippen LogP) is 17.2. The zero-order chi connectivity index (χ0) is 45.5. The van der Waals surface area contributed by atoms with E-state index in [4.69, 9.17) is 8.83 Å². The van der Waals surface area contributed by atoms with Gasteiger partial charge in [-0.2, -0.15) is 0 Å². The van der Waals surface area contributed by atoms with Crippen LogP contribution in [0.15, 0.2) is 233 Å². The highest BCUT2D eigenvalue weighted by Crippen LogP contribution is 2.41. The minimum absolute atomic E-state index is 0.928. The van der Waals surface area contributed by atoms with Gasteiger partial charge in [-0.15, -0.1) is 0 Å². The summed E-state index contributed by atoms with van der Waals surface area (Å²) in [6.45, 7) is 7.14. The fourth-order valence-corrected chi connectivity index (χ4v) is 12.1. The van der Waals surface area contributed by atoms with E-state index in [0.717, 1.165) is 49.8 Å². The van der Waals surface area contributed by atoms with Crippen molar-refractivity contribution in [1.29, 1.82) is 0 Å². The van der Waals surface area contributed by atoms with E-state index < -0.39 is 8.07 Å². The number of para-hydroxylation sites is 8. The molecule has 0 aliphatic heterocycles. The van der Waals surface area contributed by atoms with Crippen LogP contribution in [-0.2, 0) is 0 Å². The Morgan fingerprint density at radius 3 is 1.26 bits per heavy atom. The molecule has 0 saturated carbocycles. The summed E-state index contributed by atoms with van der Waals surface area (Å²) in [7, 11) is -1.55. The van der Waals surface area contributed by atoms with E-state index in [1.165, 1.54) is 76.5 Å². The molecule has 0 atom stereocenters. The molecule has 0 amide bonds. The van der Waals surface area contributed by atoms with Crippen molar-refractivity contribution < 1.29 is 8.83 Å². The van der Waals surface area contributed by atoms with Gasteiger partial charge in [-0.25, -0.2) is 0 Å². The maximum atomic E-state index is 6.70. The van der Waals surface area contributed by atoms with Crippen LogP contribution in [-0.4, -0.2) is 17.2 Å². The summed E-state index contributed by atoms with van der Waals surface area (Å²) >= 11 is 0. The third-order valence-corrected chi connectivity index (χ3v) is 15.7. The lowest BCUT2D eigenvalue weighted by atomic mass is 10.0. The molecule has 14 rings (SSSR count). The molecule has 324 valence electrons. The highest BCUT2D eigenvalue weighted by Gasteiger charge is 2.24. The molecule has 4 heterocycles. The van der Waals surface area contributed by atoms with Crippen LogP contribution in [0, 0.1) is 0 Å². The molecule has 4 aromatic heterocycles. The van der Waals surface area contributed by atoms with Crippen LogP contribution < -0.4 is 5.19 Å². The van der Waals surface area contributed by atoms with Crippen molar-refractivity contribution in [2.24, 2.45) is 0 Å². The van der Waals surface area contributed by atoms with Crippen LogP contribution in [0.4, 0.5) is 0 Å². The smallest absolute Gasteiger partial charge is 0.143 e. The van der Waals surface area contributed by atoms with Crippen LogP contribution in [0.3, 0.4) is 0 Å². The van der Waals surface area contributed by atoms with Gasteiger partial charge in [0.15, 0.2) is 0 Å². The predicted molar refractivity (Wildman–Crippen MR) is 290 cm³/mol. The Hall–Kier alpha value is -8.38. The van der Waals surface area contributed by atoms with Crippen molar-refractivity contribution in [3.8, 4) is 33.6 Å². The van der Waals surface area contributed by atoms with Crippen LogP contribution in [0.5, 0.6) is 0 Å². The lowest BCUT2D eigenvalue weighted by Crippen LogP contribution is -2.37. The van der Waals surface area contributed by atoms with Gasteiger partial charge in [0.1, 0.15) is 22.3 Å². The fraction of sp³-hybridized carbons (Fsp3) is 0.0476. The molecular formula is C63H46N2O2Si. The molecule has 0 unspecified atom stereocenters. The second-order valence-corrected chi connectivity index (χ2v) is 23.9. The first kappa shape index (κ1) is 39.9. The molecule has 0 radical (unpaired) electrons. The van der Waals surface area contributed by atoms with Gasteiger partial charge in [-0.1, -0.05) is 177 Å². The Labute approximate surface area is 394 Å². The van der Waals surface area contributed by atoms with Crippen molar-refractivity contribution in [3.63, 3.8) is 0 Å². The molecule has 0 aliphatic carbocycles. The fourth-order valence-electron chi connectivity index (χ4n) is 10.6. The number of hydrogen-bond acceptors (Lipinski definition) is 2. The van der Waals surface area contributed by atoms with Crippen LogP contribution in [0.25, 0.3) is 121 Å². The molecule has 0 spiro atoms. The molecule has 68 heavy (non-hydrogen) atoms.